The second-order valence-electron chi connectivity index (χ2n) is 6.70. The first-order chi connectivity index (χ1) is 12.4. The Morgan fingerprint density at radius 2 is 2.00 bits per heavy atom. The summed E-state index contributed by atoms with van der Waals surface area (Å²) in [6, 6.07) is 9.13. The van der Waals surface area contributed by atoms with Crippen LogP contribution in [-0.2, 0) is 22.6 Å². The summed E-state index contributed by atoms with van der Waals surface area (Å²) < 4.78 is 16.6. The lowest BCUT2D eigenvalue weighted by molar-refractivity contribution is -0.127. The van der Waals surface area contributed by atoms with E-state index in [-0.39, 0.29) is 37.1 Å². The average molecular weight is 358 g/mol. The predicted molar refractivity (Wildman–Crippen MR) is 93.9 cm³/mol. The smallest absolute Gasteiger partial charge is 0.258 e. The van der Waals surface area contributed by atoms with E-state index in [1.54, 1.807) is 18.2 Å². The van der Waals surface area contributed by atoms with Crippen molar-refractivity contribution in [3.8, 4) is 11.5 Å². The Balaban J connectivity index is 1.42. The summed E-state index contributed by atoms with van der Waals surface area (Å²) >= 11 is 0. The molecular formula is C19H22N2O5. The fourth-order valence-electron chi connectivity index (χ4n) is 2.74. The van der Waals surface area contributed by atoms with Crippen LogP contribution < -0.4 is 20.1 Å². The van der Waals surface area contributed by atoms with E-state index in [4.69, 9.17) is 13.9 Å². The van der Waals surface area contributed by atoms with E-state index >= 15 is 0 Å². The van der Waals surface area contributed by atoms with Crippen molar-refractivity contribution in [1.82, 2.24) is 10.6 Å². The van der Waals surface area contributed by atoms with Crippen LogP contribution in [0.3, 0.4) is 0 Å². The van der Waals surface area contributed by atoms with Gasteiger partial charge < -0.3 is 24.5 Å². The maximum absolute atomic E-state index is 11.9. The molecular weight excluding hydrogens is 336 g/mol. The summed E-state index contributed by atoms with van der Waals surface area (Å²) in [4.78, 5) is 23.6. The van der Waals surface area contributed by atoms with Gasteiger partial charge in [-0.15, -0.1) is 0 Å². The molecule has 2 N–H and O–H groups in total. The first-order valence-corrected chi connectivity index (χ1v) is 8.42. The zero-order valence-electron chi connectivity index (χ0n) is 14.8. The zero-order chi connectivity index (χ0) is 18.6. The molecule has 0 fully saturated rings. The lowest BCUT2D eigenvalue weighted by Crippen LogP contribution is -2.38. The second-order valence-corrected chi connectivity index (χ2v) is 6.70. The van der Waals surface area contributed by atoms with Gasteiger partial charge in [0.1, 0.15) is 11.4 Å². The number of para-hydroxylation sites is 1. The maximum atomic E-state index is 11.9. The van der Waals surface area contributed by atoms with E-state index in [1.165, 1.54) is 6.26 Å². The van der Waals surface area contributed by atoms with Gasteiger partial charge in [0.25, 0.3) is 5.91 Å². The lowest BCUT2D eigenvalue weighted by Gasteiger charge is -2.18. The molecule has 2 aromatic rings. The average Bonchev–Trinajstić information content (AvgIpc) is 3.22. The number of furan rings is 1. The first-order valence-electron chi connectivity index (χ1n) is 8.42. The molecule has 1 aromatic heterocycles. The highest BCUT2D eigenvalue weighted by molar-refractivity contribution is 5.85. The van der Waals surface area contributed by atoms with Crippen LogP contribution in [0.25, 0.3) is 0 Å². The molecule has 7 nitrogen and oxygen atoms in total. The minimum Gasteiger partial charge on any atom is -0.483 e. The lowest BCUT2D eigenvalue weighted by atomic mass is 10.0. The number of hydrogen-bond donors (Lipinski definition) is 2. The third-order valence-corrected chi connectivity index (χ3v) is 3.90. The molecule has 0 spiro atoms. The Labute approximate surface area is 151 Å². The molecule has 0 atom stereocenters. The fourth-order valence-corrected chi connectivity index (χ4v) is 2.74. The van der Waals surface area contributed by atoms with Gasteiger partial charge in [0.15, 0.2) is 18.1 Å². The van der Waals surface area contributed by atoms with E-state index in [0.29, 0.717) is 17.3 Å². The molecule has 0 saturated carbocycles. The van der Waals surface area contributed by atoms with Crippen molar-refractivity contribution in [2.24, 2.45) is 0 Å². The van der Waals surface area contributed by atoms with E-state index in [0.717, 1.165) is 12.0 Å². The molecule has 1 aliphatic heterocycles. The number of rotatable bonds is 7. The van der Waals surface area contributed by atoms with Gasteiger partial charge in [0.05, 0.1) is 19.4 Å². The number of carbonyl (C=O) groups is 2. The van der Waals surface area contributed by atoms with Crippen molar-refractivity contribution in [2.45, 2.75) is 32.4 Å². The molecule has 3 rings (SSSR count). The Bertz CT molecular complexity index is 783. The largest absolute Gasteiger partial charge is 0.483 e. The molecule has 138 valence electrons. The van der Waals surface area contributed by atoms with Crippen LogP contribution in [0.4, 0.5) is 0 Å². The highest BCUT2D eigenvalue weighted by atomic mass is 16.5. The number of ether oxygens (including phenoxy) is 2. The van der Waals surface area contributed by atoms with Gasteiger partial charge in [-0.05, 0) is 32.0 Å². The molecule has 0 radical (unpaired) electrons. The van der Waals surface area contributed by atoms with Gasteiger partial charge in [0, 0.05) is 12.0 Å². The molecule has 2 amide bonds. The summed E-state index contributed by atoms with van der Waals surface area (Å²) in [6.07, 6.45) is 2.33. The Hall–Kier alpha value is -2.96. The molecule has 1 aliphatic rings. The minimum atomic E-state index is -0.381. The second kappa shape index (κ2) is 7.51. The van der Waals surface area contributed by atoms with Gasteiger partial charge in [-0.2, -0.15) is 0 Å². The molecule has 0 unspecified atom stereocenters. The van der Waals surface area contributed by atoms with Gasteiger partial charge in [-0.1, -0.05) is 12.1 Å². The summed E-state index contributed by atoms with van der Waals surface area (Å²) in [5.41, 5.74) is 0.779. The van der Waals surface area contributed by atoms with E-state index in [2.05, 4.69) is 10.6 Å². The number of hydrogen-bond acceptors (Lipinski definition) is 5. The number of benzene rings is 1. The predicted octanol–water partition coefficient (Wildman–Crippen LogP) is 1.80. The normalized spacial score (nSPS) is 14.2. The molecule has 1 aromatic carbocycles. The minimum absolute atomic E-state index is 0.126. The van der Waals surface area contributed by atoms with Crippen LogP contribution >= 0.6 is 0 Å². The van der Waals surface area contributed by atoms with Crippen LogP contribution in [0.5, 0.6) is 11.5 Å². The van der Waals surface area contributed by atoms with Gasteiger partial charge in [-0.3, -0.25) is 9.59 Å². The van der Waals surface area contributed by atoms with Gasteiger partial charge >= 0.3 is 0 Å². The van der Waals surface area contributed by atoms with E-state index < -0.39 is 0 Å². The van der Waals surface area contributed by atoms with Crippen molar-refractivity contribution in [1.29, 1.82) is 0 Å². The highest BCUT2D eigenvalue weighted by Gasteiger charge is 2.32. The topological polar surface area (TPSA) is 89.8 Å². The van der Waals surface area contributed by atoms with Crippen LogP contribution in [0, 0.1) is 0 Å². The molecule has 0 bridgehead atoms. The quantitative estimate of drug-likeness (QED) is 0.788. The molecule has 2 heterocycles. The fraction of sp³-hybridized carbons (Fsp3) is 0.368. The third-order valence-electron chi connectivity index (χ3n) is 3.90. The summed E-state index contributed by atoms with van der Waals surface area (Å²) in [5, 5.41) is 5.17. The van der Waals surface area contributed by atoms with Crippen molar-refractivity contribution in [2.75, 3.05) is 13.2 Å². The molecule has 0 saturated heterocycles. The van der Waals surface area contributed by atoms with Crippen LogP contribution in [0.2, 0.25) is 0 Å². The summed E-state index contributed by atoms with van der Waals surface area (Å²) in [6.45, 7) is 3.97. The molecule has 7 heteroatoms. The number of amides is 2. The van der Waals surface area contributed by atoms with Gasteiger partial charge in [0.2, 0.25) is 5.91 Å². The summed E-state index contributed by atoms with van der Waals surface area (Å²) in [5.74, 6) is 1.18. The molecule has 0 aliphatic carbocycles. The Morgan fingerprint density at radius 1 is 1.15 bits per heavy atom. The van der Waals surface area contributed by atoms with E-state index in [1.807, 2.05) is 26.0 Å². The van der Waals surface area contributed by atoms with E-state index in [9.17, 15) is 9.59 Å². The van der Waals surface area contributed by atoms with Gasteiger partial charge in [-0.25, -0.2) is 0 Å². The first kappa shape index (κ1) is 17.8. The number of carbonyl (C=O) groups excluding carboxylic acids is 2. The SMILES string of the molecule is CC1(C)Cc2cccc(OCC(=O)NCC(=O)NCc3ccco3)c2O1. The standard InChI is InChI=1S/C19H22N2O5/c1-19(2)9-13-5-3-7-15(18(13)26-19)25-12-17(23)21-11-16(22)20-10-14-6-4-8-24-14/h3-8H,9-12H2,1-2H3,(H,20,22)(H,21,23). The number of nitrogens with one attached hydrogen (secondary N) is 2. The van der Waals surface area contributed by atoms with Crippen LogP contribution in [-0.4, -0.2) is 30.6 Å². The third kappa shape index (κ3) is 4.56. The van der Waals surface area contributed by atoms with Crippen molar-refractivity contribution < 1.29 is 23.5 Å². The van der Waals surface area contributed by atoms with Crippen LogP contribution in [0.15, 0.2) is 41.0 Å². The highest BCUT2D eigenvalue weighted by Crippen LogP contribution is 2.41. The molecule has 26 heavy (non-hydrogen) atoms. The van der Waals surface area contributed by atoms with Crippen molar-refractivity contribution in [3.05, 3.63) is 47.9 Å². The van der Waals surface area contributed by atoms with Crippen molar-refractivity contribution in [3.63, 3.8) is 0 Å². The Morgan fingerprint density at radius 3 is 2.77 bits per heavy atom. The maximum Gasteiger partial charge on any atom is 0.258 e. The Kier molecular flexibility index (Phi) is 5.16. The zero-order valence-corrected chi connectivity index (χ0v) is 14.8. The van der Waals surface area contributed by atoms with Crippen molar-refractivity contribution >= 4 is 11.8 Å². The monoisotopic (exact) mass is 358 g/mol. The number of fused-ring (bicyclic) bond motifs is 1. The summed E-state index contributed by atoms with van der Waals surface area (Å²) in [7, 11) is 0. The van der Waals surface area contributed by atoms with Crippen LogP contribution in [0.1, 0.15) is 25.2 Å².